The number of hydrogen-bond donors (Lipinski definition) is 0. The summed E-state index contributed by atoms with van der Waals surface area (Å²) >= 11 is 0. The summed E-state index contributed by atoms with van der Waals surface area (Å²) in [5, 5.41) is 0.105. The Morgan fingerprint density at radius 2 is 1.45 bits per heavy atom. The number of aryl methyl sites for hydroxylation is 2. The minimum Gasteiger partial charge on any atom is -0.476 e. The first-order valence-corrected chi connectivity index (χ1v) is 25.0. The van der Waals surface area contributed by atoms with E-state index in [4.69, 9.17) is 23.1 Å². The lowest BCUT2D eigenvalue weighted by Gasteiger charge is -2.46. The van der Waals surface area contributed by atoms with Crippen LogP contribution in [0, 0.1) is 31.6 Å². The van der Waals surface area contributed by atoms with Crippen LogP contribution in [0.15, 0.2) is 42.0 Å². The van der Waals surface area contributed by atoms with Gasteiger partial charge >= 0.3 is 11.9 Å². The van der Waals surface area contributed by atoms with E-state index in [9.17, 15) is 9.59 Å². The number of cyclic esters (lactones) is 1. The molecule has 3 aliphatic rings. The molecule has 2 aliphatic carbocycles. The number of rotatable bonds is 11. The van der Waals surface area contributed by atoms with E-state index in [1.54, 1.807) is 13.8 Å². The standard InChI is InChI=1S/C42H68O7Si2/c1-27-20-28(2)22-32(21-27)47-42(10,11)39(44)46-36-25-33(48-50(12,13)40(4,5)6)23-30-17-16-29(3)35(38(30)36)19-18-31-24-34(26-37(43)45-31)49-51(14,15)41(7,8)9/h16-17,20-23,29,31,33-36,38H,18-19,24-26H2,1-15H3/t29-,31+,33+,34+,35-,36-,38-/m0/s1. The number of carbonyl (C=O) groups excluding carboxylic acids is 2. The SMILES string of the molecule is Cc1cc(C)cc(OC(C)(C)C(=O)O[C@H]2C[C@H](O[Si](C)(C)C(C)(C)C)C=C3C=C[C@H](C)[C@H](CC[C@@H]4C[C@@H](O[Si](C)(C)C(C)(C)C)CC(=O)O4)[C@H]32)c1. The first kappa shape index (κ1) is 41.5. The molecule has 1 heterocycles. The van der Waals surface area contributed by atoms with Gasteiger partial charge in [0, 0.05) is 18.8 Å². The van der Waals surface area contributed by atoms with E-state index >= 15 is 0 Å². The van der Waals surface area contributed by atoms with Gasteiger partial charge in [-0.1, -0.05) is 72.8 Å². The molecule has 1 fully saturated rings. The third kappa shape index (κ3) is 10.3. The van der Waals surface area contributed by atoms with Crippen LogP contribution < -0.4 is 4.74 Å². The van der Waals surface area contributed by atoms with Crippen LogP contribution in [0.25, 0.3) is 0 Å². The van der Waals surface area contributed by atoms with Gasteiger partial charge in [-0.05, 0) is 117 Å². The first-order valence-electron chi connectivity index (χ1n) is 19.2. The third-order valence-electron chi connectivity index (χ3n) is 12.2. The van der Waals surface area contributed by atoms with Crippen molar-refractivity contribution in [3.05, 3.63) is 53.1 Å². The van der Waals surface area contributed by atoms with Gasteiger partial charge in [0.1, 0.15) is 18.0 Å². The Morgan fingerprint density at radius 3 is 2.04 bits per heavy atom. The highest BCUT2D eigenvalue weighted by molar-refractivity contribution is 6.74. The van der Waals surface area contributed by atoms with E-state index in [0.29, 0.717) is 25.0 Å². The molecule has 0 bridgehead atoms. The highest BCUT2D eigenvalue weighted by Gasteiger charge is 2.48. The maximum absolute atomic E-state index is 14.1. The fourth-order valence-corrected chi connectivity index (χ4v) is 9.94. The number of allylic oxidation sites excluding steroid dienone is 2. The van der Waals surface area contributed by atoms with Gasteiger partial charge in [-0.3, -0.25) is 4.79 Å². The molecule has 1 aromatic rings. The van der Waals surface area contributed by atoms with Crippen LogP contribution >= 0.6 is 0 Å². The van der Waals surface area contributed by atoms with Crippen molar-refractivity contribution >= 4 is 28.6 Å². The van der Waals surface area contributed by atoms with Gasteiger partial charge in [0.05, 0.1) is 18.6 Å². The molecule has 0 spiro atoms. The summed E-state index contributed by atoms with van der Waals surface area (Å²) in [5.41, 5.74) is 2.13. The van der Waals surface area contributed by atoms with Crippen molar-refractivity contribution in [2.24, 2.45) is 17.8 Å². The van der Waals surface area contributed by atoms with Crippen LogP contribution in [0.1, 0.15) is 106 Å². The van der Waals surface area contributed by atoms with Crippen LogP contribution in [0.5, 0.6) is 5.75 Å². The van der Waals surface area contributed by atoms with Gasteiger partial charge in [-0.2, -0.15) is 0 Å². The van der Waals surface area contributed by atoms with Gasteiger partial charge < -0.3 is 23.1 Å². The number of carbonyl (C=O) groups is 2. The zero-order valence-corrected chi connectivity index (χ0v) is 36.4. The summed E-state index contributed by atoms with van der Waals surface area (Å²) in [6, 6.07) is 6.00. The summed E-state index contributed by atoms with van der Waals surface area (Å²) in [6.45, 7) is 32.3. The number of ether oxygens (including phenoxy) is 3. The van der Waals surface area contributed by atoms with Crippen molar-refractivity contribution in [2.75, 3.05) is 0 Å². The van der Waals surface area contributed by atoms with Gasteiger partial charge in [0.2, 0.25) is 0 Å². The molecule has 0 aromatic heterocycles. The van der Waals surface area contributed by atoms with Crippen LogP contribution in [-0.4, -0.2) is 58.6 Å². The molecule has 0 amide bonds. The van der Waals surface area contributed by atoms with E-state index < -0.39 is 28.3 Å². The molecule has 0 saturated carbocycles. The topological polar surface area (TPSA) is 80.3 Å². The highest BCUT2D eigenvalue weighted by atomic mass is 28.4. The molecule has 9 heteroatoms. The Labute approximate surface area is 311 Å². The molecule has 7 atom stereocenters. The highest BCUT2D eigenvalue weighted by Crippen LogP contribution is 2.47. The van der Waals surface area contributed by atoms with Crippen molar-refractivity contribution in [1.29, 1.82) is 0 Å². The Hall–Kier alpha value is -2.21. The normalized spacial score (nSPS) is 27.7. The largest absolute Gasteiger partial charge is 0.476 e. The number of hydrogen-bond acceptors (Lipinski definition) is 7. The molecule has 0 unspecified atom stereocenters. The van der Waals surface area contributed by atoms with Crippen LogP contribution in [0.4, 0.5) is 0 Å². The number of fused-ring (bicyclic) bond motifs is 1. The predicted octanol–water partition coefficient (Wildman–Crippen LogP) is 10.4. The van der Waals surface area contributed by atoms with Gasteiger partial charge in [0.15, 0.2) is 22.2 Å². The zero-order chi connectivity index (χ0) is 38.3. The molecule has 1 aromatic carbocycles. The Kier molecular flexibility index (Phi) is 12.4. The molecule has 286 valence electrons. The Balaban J connectivity index is 1.58. The second kappa shape index (κ2) is 15.3. The first-order chi connectivity index (χ1) is 23.3. The monoisotopic (exact) mass is 740 g/mol. The fraction of sp³-hybridized carbons (Fsp3) is 0.714. The van der Waals surface area contributed by atoms with E-state index in [1.165, 1.54) is 5.57 Å². The summed E-state index contributed by atoms with van der Waals surface area (Å²) in [6.07, 6.45) is 9.10. The Morgan fingerprint density at radius 1 is 0.863 bits per heavy atom. The molecule has 7 nitrogen and oxygen atoms in total. The molecular weight excluding hydrogens is 673 g/mol. The zero-order valence-electron chi connectivity index (χ0n) is 34.4. The lowest BCUT2D eigenvalue weighted by atomic mass is 9.66. The lowest BCUT2D eigenvalue weighted by Crippen LogP contribution is -2.50. The maximum Gasteiger partial charge on any atom is 0.350 e. The van der Waals surface area contributed by atoms with Crippen LogP contribution in [0.2, 0.25) is 36.3 Å². The second-order valence-corrected chi connectivity index (χ2v) is 28.7. The minimum atomic E-state index is -2.12. The van der Waals surface area contributed by atoms with E-state index in [2.05, 4.69) is 98.9 Å². The summed E-state index contributed by atoms with van der Waals surface area (Å²) in [5.74, 6) is 0.535. The van der Waals surface area contributed by atoms with Gasteiger partial charge in [-0.25, -0.2) is 4.79 Å². The van der Waals surface area contributed by atoms with Crippen molar-refractivity contribution < 1.29 is 32.7 Å². The van der Waals surface area contributed by atoms with Gasteiger partial charge in [-0.15, -0.1) is 0 Å². The van der Waals surface area contributed by atoms with E-state index in [-0.39, 0.29) is 58.1 Å². The van der Waals surface area contributed by atoms with Crippen LogP contribution in [-0.2, 0) is 27.9 Å². The quantitative estimate of drug-likeness (QED) is 0.165. The van der Waals surface area contributed by atoms with E-state index in [1.807, 2.05) is 26.0 Å². The van der Waals surface area contributed by atoms with E-state index in [0.717, 1.165) is 24.0 Å². The van der Waals surface area contributed by atoms with Crippen molar-refractivity contribution in [1.82, 2.24) is 0 Å². The smallest absolute Gasteiger partial charge is 0.350 e. The summed E-state index contributed by atoms with van der Waals surface area (Å²) in [4.78, 5) is 26.9. The average molecular weight is 741 g/mol. The summed E-state index contributed by atoms with van der Waals surface area (Å²) < 4.78 is 32.5. The molecule has 0 radical (unpaired) electrons. The average Bonchev–Trinajstić information content (AvgIpc) is 2.94. The molecule has 4 rings (SSSR count). The Bertz CT molecular complexity index is 1460. The lowest BCUT2D eigenvalue weighted by molar-refractivity contribution is -0.171. The van der Waals surface area contributed by atoms with Gasteiger partial charge in [0.25, 0.3) is 0 Å². The molecule has 51 heavy (non-hydrogen) atoms. The predicted molar refractivity (Wildman–Crippen MR) is 211 cm³/mol. The number of benzene rings is 1. The molecule has 0 N–H and O–H groups in total. The molecular formula is C42H68O7Si2. The second-order valence-electron chi connectivity index (χ2n) is 19.2. The molecule has 1 aliphatic heterocycles. The van der Waals surface area contributed by atoms with Crippen LogP contribution in [0.3, 0.4) is 0 Å². The van der Waals surface area contributed by atoms with Crippen molar-refractivity contribution in [3.8, 4) is 5.75 Å². The maximum atomic E-state index is 14.1. The van der Waals surface area contributed by atoms with Crippen molar-refractivity contribution in [2.45, 2.75) is 175 Å². The molecule has 1 saturated heterocycles. The number of esters is 2. The minimum absolute atomic E-state index is 0.0104. The fourth-order valence-electron chi connectivity index (χ4n) is 7.30. The third-order valence-corrected chi connectivity index (χ3v) is 21.3. The summed E-state index contributed by atoms with van der Waals surface area (Å²) in [7, 11) is -4.16. The van der Waals surface area contributed by atoms with Crippen molar-refractivity contribution in [3.63, 3.8) is 0 Å².